The standard InChI is InChI=1S/C8H9N3O4/c1-5-6(4-9)2-7(10(12)13)3-8(5)11(14)15/h2-3H,4,9H2,1H3. The summed E-state index contributed by atoms with van der Waals surface area (Å²) in [5.74, 6) is 0. The third kappa shape index (κ3) is 2.08. The van der Waals surface area contributed by atoms with E-state index in [1.54, 1.807) is 0 Å². The molecule has 0 atom stereocenters. The number of non-ortho nitro benzene ring substituents is 1. The Hall–Kier alpha value is -2.02. The van der Waals surface area contributed by atoms with Gasteiger partial charge in [-0.1, -0.05) is 0 Å². The Morgan fingerprint density at radius 3 is 2.27 bits per heavy atom. The number of nitrogens with two attached hydrogens (primary N) is 1. The van der Waals surface area contributed by atoms with Gasteiger partial charge in [0.25, 0.3) is 11.4 Å². The number of hydrogen-bond acceptors (Lipinski definition) is 5. The first-order valence-corrected chi connectivity index (χ1v) is 4.09. The highest BCUT2D eigenvalue weighted by atomic mass is 16.6. The van der Waals surface area contributed by atoms with Crippen LogP contribution in [0.25, 0.3) is 0 Å². The van der Waals surface area contributed by atoms with Gasteiger partial charge in [0.15, 0.2) is 0 Å². The lowest BCUT2D eigenvalue weighted by Crippen LogP contribution is -2.04. The molecule has 1 rings (SSSR count). The summed E-state index contributed by atoms with van der Waals surface area (Å²) in [7, 11) is 0. The van der Waals surface area contributed by atoms with Crippen LogP contribution in [0.5, 0.6) is 0 Å². The van der Waals surface area contributed by atoms with Crippen LogP contribution in [-0.2, 0) is 6.54 Å². The van der Waals surface area contributed by atoms with Crippen LogP contribution in [0.15, 0.2) is 12.1 Å². The van der Waals surface area contributed by atoms with Crippen molar-refractivity contribution in [2.75, 3.05) is 0 Å². The Morgan fingerprint density at radius 1 is 1.27 bits per heavy atom. The van der Waals surface area contributed by atoms with Gasteiger partial charge in [-0.05, 0) is 12.5 Å². The van der Waals surface area contributed by atoms with Crippen LogP contribution in [0, 0.1) is 27.2 Å². The molecule has 7 nitrogen and oxygen atoms in total. The van der Waals surface area contributed by atoms with Crippen molar-refractivity contribution in [3.63, 3.8) is 0 Å². The minimum Gasteiger partial charge on any atom is -0.326 e. The summed E-state index contributed by atoms with van der Waals surface area (Å²) in [4.78, 5) is 19.8. The Labute approximate surface area is 84.8 Å². The van der Waals surface area contributed by atoms with Gasteiger partial charge >= 0.3 is 0 Å². The average molecular weight is 211 g/mol. The van der Waals surface area contributed by atoms with Crippen LogP contribution in [0.4, 0.5) is 11.4 Å². The van der Waals surface area contributed by atoms with Crippen LogP contribution < -0.4 is 5.73 Å². The van der Waals surface area contributed by atoms with Gasteiger partial charge in [0, 0.05) is 18.2 Å². The Balaban J connectivity index is 3.45. The lowest BCUT2D eigenvalue weighted by atomic mass is 10.1. The molecule has 0 saturated carbocycles. The van der Waals surface area contributed by atoms with E-state index in [9.17, 15) is 20.2 Å². The molecule has 0 unspecified atom stereocenters. The largest absolute Gasteiger partial charge is 0.326 e. The van der Waals surface area contributed by atoms with Crippen LogP contribution in [-0.4, -0.2) is 9.85 Å². The number of nitro benzene ring substituents is 2. The van der Waals surface area contributed by atoms with Gasteiger partial charge in [0.1, 0.15) is 0 Å². The topological polar surface area (TPSA) is 112 Å². The van der Waals surface area contributed by atoms with Crippen molar-refractivity contribution < 1.29 is 9.85 Å². The predicted molar refractivity (Wildman–Crippen MR) is 52.4 cm³/mol. The van der Waals surface area contributed by atoms with E-state index in [0.29, 0.717) is 11.1 Å². The van der Waals surface area contributed by atoms with Crippen molar-refractivity contribution in [3.05, 3.63) is 43.5 Å². The second-order valence-corrected chi connectivity index (χ2v) is 2.97. The zero-order chi connectivity index (χ0) is 11.6. The summed E-state index contributed by atoms with van der Waals surface area (Å²) in [5, 5.41) is 21.1. The Kier molecular flexibility index (Phi) is 2.96. The lowest BCUT2D eigenvalue weighted by molar-refractivity contribution is -0.394. The smallest absolute Gasteiger partial charge is 0.279 e. The van der Waals surface area contributed by atoms with Gasteiger partial charge in [-0.25, -0.2) is 0 Å². The summed E-state index contributed by atoms with van der Waals surface area (Å²) in [6, 6.07) is 2.19. The number of benzene rings is 1. The zero-order valence-electron chi connectivity index (χ0n) is 7.97. The molecule has 2 N–H and O–H groups in total. The first kappa shape index (κ1) is 11.1. The second kappa shape index (κ2) is 4.01. The van der Waals surface area contributed by atoms with Crippen molar-refractivity contribution in [2.24, 2.45) is 5.73 Å². The summed E-state index contributed by atoms with van der Waals surface area (Å²) in [6.07, 6.45) is 0. The minimum absolute atomic E-state index is 0.0361. The van der Waals surface area contributed by atoms with Crippen molar-refractivity contribution in [1.82, 2.24) is 0 Å². The van der Waals surface area contributed by atoms with Crippen LogP contribution >= 0.6 is 0 Å². The third-order valence-corrected chi connectivity index (χ3v) is 2.10. The first-order chi connectivity index (χ1) is 6.97. The maximum atomic E-state index is 10.6. The van der Waals surface area contributed by atoms with Gasteiger partial charge in [0.2, 0.25) is 0 Å². The van der Waals surface area contributed by atoms with E-state index in [-0.39, 0.29) is 17.9 Å². The van der Waals surface area contributed by atoms with Gasteiger partial charge in [-0.15, -0.1) is 0 Å². The summed E-state index contributed by atoms with van der Waals surface area (Å²) in [5.41, 5.74) is 5.54. The van der Waals surface area contributed by atoms with Crippen molar-refractivity contribution in [1.29, 1.82) is 0 Å². The molecule has 1 aromatic carbocycles. The van der Waals surface area contributed by atoms with E-state index in [0.717, 1.165) is 6.07 Å². The molecule has 0 radical (unpaired) electrons. The average Bonchev–Trinajstić information content (AvgIpc) is 2.17. The van der Waals surface area contributed by atoms with Crippen LogP contribution in [0.3, 0.4) is 0 Å². The molecule has 0 aliphatic heterocycles. The molecule has 0 bridgehead atoms. The quantitative estimate of drug-likeness (QED) is 0.597. The van der Waals surface area contributed by atoms with Gasteiger partial charge in [0.05, 0.1) is 15.9 Å². The van der Waals surface area contributed by atoms with Gasteiger partial charge < -0.3 is 5.73 Å². The molecule has 0 spiro atoms. The van der Waals surface area contributed by atoms with Gasteiger partial charge in [-0.2, -0.15) is 0 Å². The Bertz CT molecular complexity index is 430. The molecule has 0 heterocycles. The number of hydrogen-bond donors (Lipinski definition) is 1. The SMILES string of the molecule is Cc1c(CN)cc([N+](=O)[O-])cc1[N+](=O)[O-]. The zero-order valence-corrected chi connectivity index (χ0v) is 7.97. The minimum atomic E-state index is -0.675. The molecule has 0 aliphatic rings. The summed E-state index contributed by atoms with van der Waals surface area (Å²) >= 11 is 0. The predicted octanol–water partition coefficient (Wildman–Crippen LogP) is 1.27. The fraction of sp³-hybridized carbons (Fsp3) is 0.250. The highest BCUT2D eigenvalue weighted by Gasteiger charge is 2.20. The van der Waals surface area contributed by atoms with Crippen molar-refractivity contribution >= 4 is 11.4 Å². The molecule has 0 aromatic heterocycles. The molecular weight excluding hydrogens is 202 g/mol. The molecule has 0 amide bonds. The molecule has 0 saturated heterocycles. The molecular formula is C8H9N3O4. The number of nitrogens with zero attached hydrogens (tertiary/aromatic N) is 2. The molecule has 80 valence electrons. The van der Waals surface area contributed by atoms with E-state index in [1.165, 1.54) is 13.0 Å². The van der Waals surface area contributed by atoms with Crippen LogP contribution in [0.2, 0.25) is 0 Å². The van der Waals surface area contributed by atoms with Crippen LogP contribution in [0.1, 0.15) is 11.1 Å². The highest BCUT2D eigenvalue weighted by Crippen LogP contribution is 2.27. The van der Waals surface area contributed by atoms with Crippen molar-refractivity contribution in [2.45, 2.75) is 13.5 Å². The molecule has 15 heavy (non-hydrogen) atoms. The maximum absolute atomic E-state index is 10.6. The summed E-state index contributed by atoms with van der Waals surface area (Å²) < 4.78 is 0. The fourth-order valence-corrected chi connectivity index (χ4v) is 1.25. The Morgan fingerprint density at radius 2 is 1.87 bits per heavy atom. The monoisotopic (exact) mass is 211 g/mol. The molecule has 0 fully saturated rings. The highest BCUT2D eigenvalue weighted by molar-refractivity contribution is 5.53. The second-order valence-electron chi connectivity index (χ2n) is 2.97. The molecule has 7 heteroatoms. The lowest BCUT2D eigenvalue weighted by Gasteiger charge is -2.03. The van der Waals surface area contributed by atoms with E-state index in [4.69, 9.17) is 5.73 Å². The van der Waals surface area contributed by atoms with E-state index in [1.807, 2.05) is 0 Å². The number of nitro groups is 2. The molecule has 1 aromatic rings. The normalized spacial score (nSPS) is 10.0. The third-order valence-electron chi connectivity index (χ3n) is 2.10. The fourth-order valence-electron chi connectivity index (χ4n) is 1.25. The van der Waals surface area contributed by atoms with Gasteiger partial charge in [-0.3, -0.25) is 20.2 Å². The number of rotatable bonds is 3. The van der Waals surface area contributed by atoms with Crippen molar-refractivity contribution in [3.8, 4) is 0 Å². The maximum Gasteiger partial charge on any atom is 0.279 e. The molecule has 0 aliphatic carbocycles. The summed E-state index contributed by atoms with van der Waals surface area (Å²) in [6.45, 7) is 1.55. The van der Waals surface area contributed by atoms with E-state index in [2.05, 4.69) is 0 Å². The first-order valence-electron chi connectivity index (χ1n) is 4.09. The van der Waals surface area contributed by atoms with E-state index >= 15 is 0 Å². The van der Waals surface area contributed by atoms with E-state index < -0.39 is 9.85 Å².